The first kappa shape index (κ1) is 11.7. The Balaban J connectivity index is 2.52. The Labute approximate surface area is 98.3 Å². The molecule has 0 aliphatic rings. The molecule has 1 N–H and O–H groups in total. The molecule has 2 rings (SSSR count). The first-order valence-corrected chi connectivity index (χ1v) is 5.25. The van der Waals surface area contributed by atoms with E-state index in [2.05, 4.69) is 0 Å². The first-order valence-electron chi connectivity index (χ1n) is 5.25. The van der Waals surface area contributed by atoms with Crippen molar-refractivity contribution in [2.75, 3.05) is 0 Å². The van der Waals surface area contributed by atoms with Crippen molar-refractivity contribution < 1.29 is 13.9 Å². The van der Waals surface area contributed by atoms with Crippen LogP contribution < -0.4 is 0 Å². The summed E-state index contributed by atoms with van der Waals surface area (Å²) in [4.78, 5) is 0. The van der Waals surface area contributed by atoms with Crippen LogP contribution in [0.15, 0.2) is 48.5 Å². The summed E-state index contributed by atoms with van der Waals surface area (Å²) in [7, 11) is 0. The second-order valence-electron chi connectivity index (χ2n) is 4.06. The first-order chi connectivity index (χ1) is 8.01. The number of halogens is 2. The van der Waals surface area contributed by atoms with Crippen molar-refractivity contribution in [1.29, 1.82) is 0 Å². The van der Waals surface area contributed by atoms with Crippen LogP contribution in [0.3, 0.4) is 0 Å². The van der Waals surface area contributed by atoms with Crippen LogP contribution in [0.1, 0.15) is 18.1 Å². The maximum Gasteiger partial charge on any atom is 0.132 e. The lowest BCUT2D eigenvalue weighted by molar-refractivity contribution is 0.0978. The standard InChI is InChI=1S/C14H12F2O/c1-14(17,10-5-3-2-4-6-10)12-8-7-11(15)9-13(12)16/h2-9,17H,1H3. The van der Waals surface area contributed by atoms with Gasteiger partial charge < -0.3 is 5.11 Å². The van der Waals surface area contributed by atoms with E-state index in [9.17, 15) is 13.9 Å². The molecule has 0 fully saturated rings. The number of hydrogen-bond donors (Lipinski definition) is 1. The fourth-order valence-corrected chi connectivity index (χ4v) is 1.80. The van der Waals surface area contributed by atoms with Crippen LogP contribution in [-0.2, 0) is 5.60 Å². The fourth-order valence-electron chi connectivity index (χ4n) is 1.80. The molecule has 0 aliphatic heterocycles. The average molecular weight is 234 g/mol. The van der Waals surface area contributed by atoms with E-state index in [-0.39, 0.29) is 5.56 Å². The monoisotopic (exact) mass is 234 g/mol. The molecular formula is C14H12F2O. The molecule has 0 bridgehead atoms. The minimum atomic E-state index is -1.47. The average Bonchev–Trinajstić information content (AvgIpc) is 2.29. The maximum atomic E-state index is 13.6. The summed E-state index contributed by atoms with van der Waals surface area (Å²) in [6.45, 7) is 1.48. The summed E-state index contributed by atoms with van der Waals surface area (Å²) in [6, 6.07) is 11.9. The predicted molar refractivity (Wildman–Crippen MR) is 61.5 cm³/mol. The van der Waals surface area contributed by atoms with Gasteiger partial charge in [-0.1, -0.05) is 30.3 Å². The molecule has 3 heteroatoms. The molecule has 17 heavy (non-hydrogen) atoms. The van der Waals surface area contributed by atoms with Gasteiger partial charge in [0.25, 0.3) is 0 Å². The van der Waals surface area contributed by atoms with Crippen LogP contribution in [0.25, 0.3) is 0 Å². The molecule has 2 aromatic carbocycles. The summed E-state index contributed by atoms with van der Waals surface area (Å²) in [5, 5.41) is 10.4. The molecule has 1 nitrogen and oxygen atoms in total. The third-order valence-electron chi connectivity index (χ3n) is 2.79. The lowest BCUT2D eigenvalue weighted by Gasteiger charge is -2.24. The highest BCUT2D eigenvalue weighted by atomic mass is 19.1. The van der Waals surface area contributed by atoms with E-state index >= 15 is 0 Å². The largest absolute Gasteiger partial charge is 0.381 e. The number of hydrogen-bond acceptors (Lipinski definition) is 1. The highest BCUT2D eigenvalue weighted by Gasteiger charge is 2.28. The van der Waals surface area contributed by atoms with E-state index in [0.717, 1.165) is 12.1 Å². The van der Waals surface area contributed by atoms with Gasteiger partial charge in [0.1, 0.15) is 17.2 Å². The van der Waals surface area contributed by atoms with Crippen LogP contribution in [0.5, 0.6) is 0 Å². The Morgan fingerprint density at radius 2 is 1.65 bits per heavy atom. The van der Waals surface area contributed by atoms with Crippen molar-refractivity contribution in [2.45, 2.75) is 12.5 Å². The molecule has 0 aromatic heterocycles. The van der Waals surface area contributed by atoms with Crippen LogP contribution >= 0.6 is 0 Å². The quantitative estimate of drug-likeness (QED) is 0.845. The molecule has 0 heterocycles. The van der Waals surface area contributed by atoms with Gasteiger partial charge in [0.15, 0.2) is 0 Å². The zero-order valence-corrected chi connectivity index (χ0v) is 9.32. The van der Waals surface area contributed by atoms with Crippen LogP contribution in [0, 0.1) is 11.6 Å². The summed E-state index contributed by atoms with van der Waals surface area (Å²) in [5.74, 6) is -1.41. The molecule has 0 aliphatic carbocycles. The van der Waals surface area contributed by atoms with Gasteiger partial charge in [0, 0.05) is 11.6 Å². The zero-order valence-electron chi connectivity index (χ0n) is 9.32. The van der Waals surface area contributed by atoms with Gasteiger partial charge >= 0.3 is 0 Å². The highest BCUT2D eigenvalue weighted by molar-refractivity contribution is 5.35. The van der Waals surface area contributed by atoms with Gasteiger partial charge in [-0.3, -0.25) is 0 Å². The lowest BCUT2D eigenvalue weighted by atomic mass is 9.88. The van der Waals surface area contributed by atoms with Gasteiger partial charge in [-0.05, 0) is 24.6 Å². The van der Waals surface area contributed by atoms with Crippen molar-refractivity contribution in [2.24, 2.45) is 0 Å². The van der Waals surface area contributed by atoms with E-state index in [1.807, 2.05) is 0 Å². The Morgan fingerprint density at radius 1 is 1.00 bits per heavy atom. The van der Waals surface area contributed by atoms with E-state index in [1.54, 1.807) is 30.3 Å². The third-order valence-corrected chi connectivity index (χ3v) is 2.79. The molecule has 2 aromatic rings. The van der Waals surface area contributed by atoms with Gasteiger partial charge in [-0.25, -0.2) is 8.78 Å². The molecule has 0 spiro atoms. The summed E-state index contributed by atoms with van der Waals surface area (Å²) < 4.78 is 26.4. The van der Waals surface area contributed by atoms with Crippen molar-refractivity contribution in [3.8, 4) is 0 Å². The molecule has 88 valence electrons. The predicted octanol–water partition coefficient (Wildman–Crippen LogP) is 3.22. The molecule has 0 saturated carbocycles. The maximum absolute atomic E-state index is 13.6. The Morgan fingerprint density at radius 3 is 2.24 bits per heavy atom. The van der Waals surface area contributed by atoms with Crippen molar-refractivity contribution in [3.63, 3.8) is 0 Å². The molecule has 0 amide bonds. The Hall–Kier alpha value is -1.74. The van der Waals surface area contributed by atoms with E-state index in [1.165, 1.54) is 13.0 Å². The molecule has 0 saturated heterocycles. The van der Waals surface area contributed by atoms with Gasteiger partial charge in [-0.15, -0.1) is 0 Å². The van der Waals surface area contributed by atoms with Crippen molar-refractivity contribution in [1.82, 2.24) is 0 Å². The Kier molecular flexibility index (Phi) is 2.94. The van der Waals surface area contributed by atoms with E-state index < -0.39 is 17.2 Å². The Bertz CT molecular complexity index is 521. The topological polar surface area (TPSA) is 20.2 Å². The number of aliphatic hydroxyl groups is 1. The normalized spacial score (nSPS) is 14.4. The number of benzene rings is 2. The van der Waals surface area contributed by atoms with Crippen LogP contribution in [0.2, 0.25) is 0 Å². The van der Waals surface area contributed by atoms with E-state index in [0.29, 0.717) is 5.56 Å². The molecule has 1 unspecified atom stereocenters. The van der Waals surface area contributed by atoms with Gasteiger partial charge in [-0.2, -0.15) is 0 Å². The SMILES string of the molecule is CC(O)(c1ccccc1)c1ccc(F)cc1F. The number of rotatable bonds is 2. The highest BCUT2D eigenvalue weighted by Crippen LogP contribution is 2.30. The fraction of sp³-hybridized carbons (Fsp3) is 0.143. The molecule has 0 radical (unpaired) electrons. The van der Waals surface area contributed by atoms with Crippen LogP contribution in [0.4, 0.5) is 8.78 Å². The van der Waals surface area contributed by atoms with Crippen molar-refractivity contribution >= 4 is 0 Å². The summed E-state index contributed by atoms with van der Waals surface area (Å²) in [5.41, 5.74) is -0.852. The summed E-state index contributed by atoms with van der Waals surface area (Å²) >= 11 is 0. The zero-order chi connectivity index (χ0) is 12.5. The van der Waals surface area contributed by atoms with Gasteiger partial charge in [0.05, 0.1) is 0 Å². The minimum Gasteiger partial charge on any atom is -0.381 e. The molecule has 1 atom stereocenters. The van der Waals surface area contributed by atoms with Crippen molar-refractivity contribution in [3.05, 3.63) is 71.3 Å². The second kappa shape index (κ2) is 4.26. The minimum absolute atomic E-state index is 0.0603. The van der Waals surface area contributed by atoms with E-state index in [4.69, 9.17) is 0 Å². The van der Waals surface area contributed by atoms with Gasteiger partial charge in [0.2, 0.25) is 0 Å². The lowest BCUT2D eigenvalue weighted by Crippen LogP contribution is -2.24. The third kappa shape index (κ3) is 2.19. The summed E-state index contributed by atoms with van der Waals surface area (Å²) in [6.07, 6.45) is 0. The van der Waals surface area contributed by atoms with Crippen LogP contribution in [-0.4, -0.2) is 5.11 Å². The molecular weight excluding hydrogens is 222 g/mol. The second-order valence-corrected chi connectivity index (χ2v) is 4.06. The smallest absolute Gasteiger partial charge is 0.132 e.